The summed E-state index contributed by atoms with van der Waals surface area (Å²) in [5.74, 6) is 0. The summed E-state index contributed by atoms with van der Waals surface area (Å²) in [6.45, 7) is 2.62. The van der Waals surface area contributed by atoms with Gasteiger partial charge in [0.2, 0.25) is 0 Å². The molecule has 9 heteroatoms. The normalized spacial score (nSPS) is 15.0. The van der Waals surface area contributed by atoms with Gasteiger partial charge in [0.15, 0.2) is 0 Å². The highest BCUT2D eigenvalue weighted by Crippen LogP contribution is 2.41. The summed E-state index contributed by atoms with van der Waals surface area (Å²) in [7, 11) is -4.24. The van der Waals surface area contributed by atoms with Crippen LogP contribution in [-0.2, 0) is 47.9 Å². The first-order valence-corrected chi connectivity index (χ1v) is 12.4. The number of nitrogens with one attached hydrogen (secondary N) is 2. The number of nitrogens with zero attached hydrogens (tertiary/aromatic N) is 1. The predicted molar refractivity (Wildman–Crippen MR) is 122 cm³/mol. The number of amides is 2. The van der Waals surface area contributed by atoms with Gasteiger partial charge in [0.1, 0.15) is 0 Å². The molecule has 8 nitrogen and oxygen atoms in total. The van der Waals surface area contributed by atoms with E-state index in [1.54, 1.807) is 0 Å². The van der Waals surface area contributed by atoms with Gasteiger partial charge < -0.3 is 15.5 Å². The second kappa shape index (κ2) is 8.45. The number of carbonyl (C=O) groups is 1. The topological polar surface area (TPSA) is 140 Å². The van der Waals surface area contributed by atoms with Gasteiger partial charge in [0.25, 0.3) is 10.0 Å². The number of aliphatic hydroxyl groups excluding tert-OH is 1. The molecule has 4 N–H and O–H groups in total. The van der Waals surface area contributed by atoms with Crippen LogP contribution >= 0.6 is 0 Å². The van der Waals surface area contributed by atoms with E-state index in [0.717, 1.165) is 66.3 Å². The van der Waals surface area contributed by atoms with Gasteiger partial charge in [0.05, 0.1) is 28.7 Å². The van der Waals surface area contributed by atoms with Crippen LogP contribution in [0.15, 0.2) is 23.1 Å². The summed E-state index contributed by atoms with van der Waals surface area (Å²) in [6, 6.07) is 5.42. The van der Waals surface area contributed by atoms with Gasteiger partial charge in [-0.2, -0.15) is 5.26 Å². The van der Waals surface area contributed by atoms with Crippen molar-refractivity contribution in [3.63, 3.8) is 0 Å². The first-order chi connectivity index (χ1) is 15.6. The fourth-order valence-corrected chi connectivity index (χ4v) is 5.92. The van der Waals surface area contributed by atoms with E-state index in [4.69, 9.17) is 0 Å². The van der Waals surface area contributed by atoms with E-state index in [9.17, 15) is 28.7 Å². The molecule has 0 aromatic heterocycles. The Balaban J connectivity index is 1.64. The van der Waals surface area contributed by atoms with E-state index in [-0.39, 0.29) is 17.1 Å². The Labute approximate surface area is 193 Å². The van der Waals surface area contributed by atoms with Crippen LogP contribution in [0.2, 0.25) is 0 Å². The second-order valence-electron chi connectivity index (χ2n) is 9.08. The van der Waals surface area contributed by atoms with E-state index in [0.29, 0.717) is 11.3 Å². The van der Waals surface area contributed by atoms with Crippen LogP contribution in [0.25, 0.3) is 0 Å². The molecule has 2 aliphatic rings. The summed E-state index contributed by atoms with van der Waals surface area (Å²) in [6.07, 6.45) is 4.79. The molecule has 0 unspecified atom stereocenters. The van der Waals surface area contributed by atoms with Crippen molar-refractivity contribution in [1.82, 2.24) is 4.72 Å². The van der Waals surface area contributed by atoms with Gasteiger partial charge in [-0.3, -0.25) is 0 Å². The summed E-state index contributed by atoms with van der Waals surface area (Å²) < 4.78 is 27.9. The molecule has 2 aromatic carbocycles. The summed E-state index contributed by atoms with van der Waals surface area (Å²) in [5.41, 5.74) is 4.41. The molecule has 2 aromatic rings. The zero-order valence-corrected chi connectivity index (χ0v) is 19.5. The van der Waals surface area contributed by atoms with Crippen molar-refractivity contribution >= 4 is 21.7 Å². The molecule has 2 amide bonds. The second-order valence-corrected chi connectivity index (χ2v) is 10.8. The molecule has 0 spiro atoms. The maximum atomic E-state index is 12.9. The standard InChI is InChI=1S/C24H27N3O5S/c1-24(2,30)21-11-15(10-9-14(21)13-28)33(31,32)27-23(29)26-22-18-7-3-5-16(18)20(12-25)17-6-4-8-19(17)22/h9-11,28,30H,3-8,13H2,1-2H3,(H2,26,27,29). The van der Waals surface area contributed by atoms with Crippen LogP contribution in [0.1, 0.15) is 65.6 Å². The number of urea groups is 1. The lowest BCUT2D eigenvalue weighted by Crippen LogP contribution is -2.35. The Morgan fingerprint density at radius 3 is 2.18 bits per heavy atom. The minimum Gasteiger partial charge on any atom is -0.392 e. The minimum atomic E-state index is -4.24. The molecular formula is C24H27N3O5S. The molecule has 0 saturated heterocycles. The van der Waals surface area contributed by atoms with E-state index in [2.05, 4.69) is 16.1 Å². The highest BCUT2D eigenvalue weighted by atomic mass is 32.2. The maximum Gasteiger partial charge on any atom is 0.333 e. The summed E-state index contributed by atoms with van der Waals surface area (Å²) >= 11 is 0. The molecule has 2 aliphatic carbocycles. The summed E-state index contributed by atoms with van der Waals surface area (Å²) in [4.78, 5) is 12.6. The zero-order valence-electron chi connectivity index (χ0n) is 18.7. The number of anilines is 1. The van der Waals surface area contributed by atoms with Gasteiger partial charge in [-0.25, -0.2) is 17.9 Å². The van der Waals surface area contributed by atoms with E-state index >= 15 is 0 Å². The molecule has 174 valence electrons. The monoisotopic (exact) mass is 469 g/mol. The Hall–Kier alpha value is -2.93. The van der Waals surface area contributed by atoms with Gasteiger partial charge >= 0.3 is 6.03 Å². The third-order valence-electron chi connectivity index (χ3n) is 6.44. The lowest BCUT2D eigenvalue weighted by Gasteiger charge is -2.22. The largest absolute Gasteiger partial charge is 0.392 e. The Kier molecular flexibility index (Phi) is 5.95. The first-order valence-electron chi connectivity index (χ1n) is 11.0. The molecule has 0 bridgehead atoms. The van der Waals surface area contributed by atoms with Crippen molar-refractivity contribution in [1.29, 1.82) is 5.26 Å². The van der Waals surface area contributed by atoms with Crippen LogP contribution < -0.4 is 10.0 Å². The highest BCUT2D eigenvalue weighted by Gasteiger charge is 2.30. The van der Waals surface area contributed by atoms with Crippen LogP contribution in [-0.4, -0.2) is 24.7 Å². The van der Waals surface area contributed by atoms with Crippen molar-refractivity contribution in [2.75, 3.05) is 5.32 Å². The van der Waals surface area contributed by atoms with Crippen molar-refractivity contribution in [3.8, 4) is 6.07 Å². The number of sulfonamides is 1. The number of hydrogen-bond donors (Lipinski definition) is 4. The quantitative estimate of drug-likeness (QED) is 0.531. The number of benzene rings is 2. The highest BCUT2D eigenvalue weighted by molar-refractivity contribution is 7.90. The number of fused-ring (bicyclic) bond motifs is 2. The number of carbonyl (C=O) groups excluding carboxylic acids is 1. The number of hydrogen-bond acceptors (Lipinski definition) is 6. The molecular weight excluding hydrogens is 442 g/mol. The Morgan fingerprint density at radius 1 is 1.09 bits per heavy atom. The molecule has 0 heterocycles. The van der Waals surface area contributed by atoms with Crippen molar-refractivity contribution < 1.29 is 23.4 Å². The van der Waals surface area contributed by atoms with Gasteiger partial charge in [-0.05, 0) is 97.9 Å². The number of rotatable bonds is 5. The smallest absolute Gasteiger partial charge is 0.333 e. The van der Waals surface area contributed by atoms with Gasteiger partial charge in [0, 0.05) is 5.69 Å². The van der Waals surface area contributed by atoms with Crippen LogP contribution in [0.3, 0.4) is 0 Å². The van der Waals surface area contributed by atoms with Crippen molar-refractivity contribution in [2.45, 2.75) is 69.5 Å². The molecule has 0 saturated carbocycles. The molecule has 0 radical (unpaired) electrons. The van der Waals surface area contributed by atoms with E-state index in [1.807, 2.05) is 0 Å². The molecule has 0 aliphatic heterocycles. The van der Waals surface area contributed by atoms with Crippen LogP contribution in [0.5, 0.6) is 0 Å². The average Bonchev–Trinajstić information content (AvgIpc) is 3.42. The SMILES string of the molecule is CC(C)(O)c1cc(S(=O)(=O)NC(=O)Nc2c3c(c(C#N)c4c2CCC4)CCC3)ccc1CO. The number of aliphatic hydroxyl groups is 2. The maximum absolute atomic E-state index is 12.9. The lowest BCUT2D eigenvalue weighted by atomic mass is 9.93. The summed E-state index contributed by atoms with van der Waals surface area (Å²) in [5, 5.41) is 32.3. The molecule has 33 heavy (non-hydrogen) atoms. The van der Waals surface area contributed by atoms with E-state index in [1.165, 1.54) is 32.0 Å². The molecule has 0 atom stereocenters. The predicted octanol–water partition coefficient (Wildman–Crippen LogP) is 2.77. The molecule has 0 fully saturated rings. The van der Waals surface area contributed by atoms with Crippen molar-refractivity contribution in [3.05, 3.63) is 57.1 Å². The van der Waals surface area contributed by atoms with E-state index < -0.39 is 21.7 Å². The fourth-order valence-electron chi connectivity index (χ4n) is 4.99. The first kappa shape index (κ1) is 23.2. The van der Waals surface area contributed by atoms with Crippen molar-refractivity contribution in [2.24, 2.45) is 0 Å². The third kappa shape index (κ3) is 4.22. The average molecular weight is 470 g/mol. The fraction of sp³-hybridized carbons (Fsp3) is 0.417. The van der Waals surface area contributed by atoms with Gasteiger partial charge in [-0.1, -0.05) is 6.07 Å². The van der Waals surface area contributed by atoms with Gasteiger partial charge in [-0.15, -0.1) is 0 Å². The Morgan fingerprint density at radius 2 is 1.67 bits per heavy atom. The Bertz CT molecular complexity index is 1250. The minimum absolute atomic E-state index is 0.192. The van der Waals surface area contributed by atoms with Crippen LogP contribution in [0.4, 0.5) is 10.5 Å². The number of nitriles is 1. The van der Waals surface area contributed by atoms with Crippen LogP contribution in [0, 0.1) is 11.3 Å². The lowest BCUT2D eigenvalue weighted by molar-refractivity contribution is 0.0757. The third-order valence-corrected chi connectivity index (χ3v) is 7.77. The zero-order chi connectivity index (χ0) is 24.0. The molecule has 4 rings (SSSR count).